The molecule has 6 nitrogen and oxygen atoms in total. The number of anilines is 1. The van der Waals surface area contributed by atoms with Crippen LogP contribution in [0.25, 0.3) is 11.1 Å². The molecule has 2 aromatic rings. The molecule has 1 aliphatic carbocycles. The van der Waals surface area contributed by atoms with Crippen molar-refractivity contribution in [2.45, 2.75) is 69.6 Å². The summed E-state index contributed by atoms with van der Waals surface area (Å²) in [5.74, 6) is -0.695. The molecule has 5 rings (SSSR count). The Labute approximate surface area is 234 Å². The van der Waals surface area contributed by atoms with Crippen molar-refractivity contribution >= 4 is 17.5 Å². The Bertz CT molecular complexity index is 1180. The van der Waals surface area contributed by atoms with E-state index in [2.05, 4.69) is 15.5 Å². The molecule has 0 bridgehead atoms. The van der Waals surface area contributed by atoms with Gasteiger partial charge in [-0.25, -0.2) is 0 Å². The highest BCUT2D eigenvalue weighted by Crippen LogP contribution is 2.53. The topological polar surface area (TPSA) is 64.7 Å². The summed E-state index contributed by atoms with van der Waals surface area (Å²) in [6, 6.07) is 15.2. The summed E-state index contributed by atoms with van der Waals surface area (Å²) in [6.45, 7) is 2.24. The molecule has 2 amide bonds. The van der Waals surface area contributed by atoms with Crippen LogP contribution in [0.4, 0.5) is 18.9 Å². The predicted octanol–water partition coefficient (Wildman–Crippen LogP) is 5.39. The molecular weight excluding hydrogens is 517 g/mol. The fourth-order valence-corrected chi connectivity index (χ4v) is 6.39. The molecular formula is C31H39F3N4O2. The van der Waals surface area contributed by atoms with Crippen molar-refractivity contribution in [2.24, 2.45) is 5.41 Å². The van der Waals surface area contributed by atoms with Crippen molar-refractivity contribution in [3.05, 3.63) is 54.1 Å². The number of carbonyl (C=O) groups excluding carboxylic acids is 2. The number of imide groups is 1. The van der Waals surface area contributed by atoms with Gasteiger partial charge in [0.25, 0.3) is 5.91 Å². The maximum absolute atomic E-state index is 13.6. The van der Waals surface area contributed by atoms with Crippen LogP contribution in [0.15, 0.2) is 48.5 Å². The molecule has 40 heavy (non-hydrogen) atoms. The third-order valence-corrected chi connectivity index (χ3v) is 9.16. The van der Waals surface area contributed by atoms with E-state index in [1.807, 2.05) is 48.3 Å². The summed E-state index contributed by atoms with van der Waals surface area (Å²) in [4.78, 5) is 29.8. The number of hydrogen-bond donors (Lipinski definition) is 2. The molecule has 2 aromatic carbocycles. The maximum Gasteiger partial charge on any atom is 0.395 e. The molecule has 2 saturated heterocycles. The molecule has 2 heterocycles. The molecule has 1 atom stereocenters. The lowest BCUT2D eigenvalue weighted by Crippen LogP contribution is -2.54. The SMILES string of the molecule is CN(c1ccc(-c2ccccc2C(=O)NC(=O)[C@H]2CCCCN2)cc1)C1CCN(CC2(C(F)(F)F)CCC2)CC1. The summed E-state index contributed by atoms with van der Waals surface area (Å²) < 4.78 is 40.9. The van der Waals surface area contributed by atoms with Gasteiger partial charge in [0.2, 0.25) is 5.91 Å². The van der Waals surface area contributed by atoms with E-state index in [1.165, 1.54) is 0 Å². The normalized spacial score (nSPS) is 21.9. The van der Waals surface area contributed by atoms with Crippen LogP contribution >= 0.6 is 0 Å². The van der Waals surface area contributed by atoms with Gasteiger partial charge in [-0.1, -0.05) is 43.2 Å². The van der Waals surface area contributed by atoms with Gasteiger partial charge < -0.3 is 15.1 Å². The van der Waals surface area contributed by atoms with Crippen LogP contribution in [0.1, 0.15) is 61.7 Å². The van der Waals surface area contributed by atoms with Gasteiger partial charge in [-0.05, 0) is 74.4 Å². The molecule has 2 N–H and O–H groups in total. The van der Waals surface area contributed by atoms with Gasteiger partial charge >= 0.3 is 6.18 Å². The number of alkyl halides is 3. The van der Waals surface area contributed by atoms with Gasteiger partial charge in [0.15, 0.2) is 0 Å². The third-order valence-electron chi connectivity index (χ3n) is 9.16. The van der Waals surface area contributed by atoms with Crippen LogP contribution in [0.2, 0.25) is 0 Å². The van der Waals surface area contributed by atoms with Crippen LogP contribution in [-0.2, 0) is 4.79 Å². The largest absolute Gasteiger partial charge is 0.395 e. The summed E-state index contributed by atoms with van der Waals surface area (Å²) >= 11 is 0. The highest BCUT2D eigenvalue weighted by Gasteiger charge is 2.58. The highest BCUT2D eigenvalue weighted by atomic mass is 19.4. The van der Waals surface area contributed by atoms with Crippen LogP contribution in [-0.4, -0.2) is 68.2 Å². The number of nitrogens with one attached hydrogen (secondary N) is 2. The molecule has 2 aliphatic heterocycles. The summed E-state index contributed by atoms with van der Waals surface area (Å²) in [5, 5.41) is 5.74. The first-order valence-electron chi connectivity index (χ1n) is 14.5. The number of likely N-dealkylation sites (tertiary alicyclic amines) is 1. The lowest BCUT2D eigenvalue weighted by molar-refractivity contribution is -0.256. The van der Waals surface area contributed by atoms with Crippen molar-refractivity contribution in [3.8, 4) is 11.1 Å². The van der Waals surface area contributed by atoms with Crippen molar-refractivity contribution in [3.63, 3.8) is 0 Å². The van der Waals surface area contributed by atoms with Gasteiger partial charge in [-0.2, -0.15) is 13.2 Å². The Morgan fingerprint density at radius 1 is 1.00 bits per heavy atom. The van der Waals surface area contributed by atoms with E-state index >= 15 is 0 Å². The lowest BCUT2D eigenvalue weighted by atomic mass is 9.67. The zero-order valence-corrected chi connectivity index (χ0v) is 23.1. The van der Waals surface area contributed by atoms with Crippen molar-refractivity contribution in [1.82, 2.24) is 15.5 Å². The first-order chi connectivity index (χ1) is 19.2. The number of nitrogens with zero attached hydrogens (tertiary/aromatic N) is 2. The molecule has 3 aliphatic rings. The molecule has 9 heteroatoms. The minimum atomic E-state index is -4.12. The lowest BCUT2D eigenvalue weighted by Gasteiger charge is -2.48. The highest BCUT2D eigenvalue weighted by molar-refractivity contribution is 6.09. The Morgan fingerprint density at radius 3 is 2.30 bits per heavy atom. The van der Waals surface area contributed by atoms with Crippen molar-refractivity contribution in [2.75, 3.05) is 38.1 Å². The molecule has 1 saturated carbocycles. The van der Waals surface area contributed by atoms with Crippen LogP contribution in [0, 0.1) is 5.41 Å². The van der Waals surface area contributed by atoms with E-state index in [-0.39, 0.29) is 37.4 Å². The Kier molecular flexibility index (Phi) is 8.52. The monoisotopic (exact) mass is 556 g/mol. The fourth-order valence-electron chi connectivity index (χ4n) is 6.39. The van der Waals surface area contributed by atoms with Crippen LogP contribution < -0.4 is 15.5 Å². The molecule has 0 aromatic heterocycles. The van der Waals surface area contributed by atoms with E-state index in [0.717, 1.165) is 55.5 Å². The minimum absolute atomic E-state index is 0.122. The van der Waals surface area contributed by atoms with Crippen LogP contribution in [0.3, 0.4) is 0 Å². The second-order valence-electron chi connectivity index (χ2n) is 11.7. The average Bonchev–Trinajstić information content (AvgIpc) is 2.94. The first kappa shape index (κ1) is 28.6. The van der Waals surface area contributed by atoms with Gasteiger partial charge in [0, 0.05) is 44.0 Å². The van der Waals surface area contributed by atoms with Gasteiger partial charge in [0.1, 0.15) is 0 Å². The minimum Gasteiger partial charge on any atom is -0.372 e. The number of benzene rings is 2. The molecule has 0 spiro atoms. The smallest absolute Gasteiger partial charge is 0.372 e. The fraction of sp³-hybridized carbons (Fsp3) is 0.548. The summed E-state index contributed by atoms with van der Waals surface area (Å²) in [7, 11) is 2.03. The predicted molar refractivity (Wildman–Crippen MR) is 150 cm³/mol. The van der Waals surface area contributed by atoms with Gasteiger partial charge in [-0.3, -0.25) is 14.9 Å². The van der Waals surface area contributed by atoms with Crippen molar-refractivity contribution in [1.29, 1.82) is 0 Å². The Hall–Kier alpha value is -2.91. The van der Waals surface area contributed by atoms with Gasteiger partial charge in [0.05, 0.1) is 11.5 Å². The van der Waals surface area contributed by atoms with Crippen molar-refractivity contribution < 1.29 is 22.8 Å². The zero-order valence-electron chi connectivity index (χ0n) is 23.1. The molecule has 0 radical (unpaired) electrons. The molecule has 216 valence electrons. The second-order valence-corrected chi connectivity index (χ2v) is 11.7. The standard InChI is InChI=1S/C31H39F3N4O2/c1-37(24-14-19-38(20-15-24)21-30(16-6-17-30)31(32,33)34)23-12-10-22(11-13-23)25-7-2-3-8-26(25)28(39)36-29(40)27-9-4-5-18-35-27/h2-3,7-8,10-13,24,27,35H,4-6,9,14-21H2,1H3,(H,36,39,40)/t27-/m1/s1. The average molecular weight is 557 g/mol. The number of piperidine rings is 2. The number of hydrogen-bond acceptors (Lipinski definition) is 5. The Morgan fingerprint density at radius 2 is 1.70 bits per heavy atom. The van der Waals surface area contributed by atoms with E-state index in [1.54, 1.807) is 12.1 Å². The van der Waals surface area contributed by atoms with Gasteiger partial charge in [-0.15, -0.1) is 0 Å². The number of carbonyl (C=O) groups is 2. The zero-order chi connectivity index (χ0) is 28.3. The molecule has 0 unspecified atom stereocenters. The molecule has 3 fully saturated rings. The van der Waals surface area contributed by atoms with E-state index in [0.29, 0.717) is 25.1 Å². The van der Waals surface area contributed by atoms with E-state index in [9.17, 15) is 22.8 Å². The first-order valence-corrected chi connectivity index (χ1v) is 14.5. The van der Waals surface area contributed by atoms with E-state index < -0.39 is 17.5 Å². The Balaban J connectivity index is 1.20. The number of halogens is 3. The van der Waals surface area contributed by atoms with E-state index in [4.69, 9.17) is 0 Å². The number of rotatable bonds is 7. The number of amides is 2. The summed E-state index contributed by atoms with van der Waals surface area (Å²) in [6.07, 6.45) is 1.41. The summed E-state index contributed by atoms with van der Waals surface area (Å²) in [5.41, 5.74) is 1.59. The quantitative estimate of drug-likeness (QED) is 0.448. The maximum atomic E-state index is 13.6. The second kappa shape index (κ2) is 11.9. The third kappa shape index (κ3) is 6.05. The van der Waals surface area contributed by atoms with Crippen LogP contribution in [0.5, 0.6) is 0 Å².